The summed E-state index contributed by atoms with van der Waals surface area (Å²) in [5, 5.41) is 175. The van der Waals surface area contributed by atoms with Crippen LogP contribution in [0.15, 0.2) is 0 Å². The summed E-state index contributed by atoms with van der Waals surface area (Å²) in [7, 11) is 0. The first kappa shape index (κ1) is 50.2. The molecule has 0 spiro atoms. The van der Waals surface area contributed by atoms with Gasteiger partial charge in [0.05, 0.1) is 39.6 Å². The predicted molar refractivity (Wildman–Crippen MR) is 192 cm³/mol. The molecule has 0 radical (unpaired) electrons. The lowest BCUT2D eigenvalue weighted by Gasteiger charge is -2.55. The summed E-state index contributed by atoms with van der Waals surface area (Å²) in [5.74, 6) is 0. The molecule has 16 aliphatic heterocycles. The molecule has 0 aromatic carbocycles. The van der Waals surface area contributed by atoms with Gasteiger partial charge < -0.3 is 143 Å². The van der Waals surface area contributed by atoms with E-state index in [-0.39, 0.29) is 0 Å². The lowest BCUT2D eigenvalue weighted by atomic mass is 9.92. The fourth-order valence-electron chi connectivity index (χ4n) is 9.38. The zero-order chi connectivity index (χ0) is 46.8. The van der Waals surface area contributed by atoms with E-state index in [1.54, 1.807) is 0 Å². The van der Waals surface area contributed by atoms with Crippen LogP contribution in [0.5, 0.6) is 0 Å². The molecule has 65 heavy (non-hydrogen) atoms. The van der Waals surface area contributed by atoms with Crippen LogP contribution in [0, 0.1) is 0 Å². The molecule has 0 aliphatic carbocycles. The van der Waals surface area contributed by atoms with E-state index in [0.29, 0.717) is 0 Å². The van der Waals surface area contributed by atoms with Crippen molar-refractivity contribution in [2.24, 2.45) is 0 Å². The van der Waals surface area contributed by atoms with Crippen LogP contribution in [0.3, 0.4) is 0 Å². The molecular weight excluding hydrogens is 896 g/mol. The zero-order valence-corrected chi connectivity index (χ0v) is 34.0. The smallest absolute Gasteiger partial charge is 0.187 e. The number of rotatable bonds is 6. The van der Waals surface area contributed by atoms with Crippen molar-refractivity contribution in [1.29, 1.82) is 0 Å². The van der Waals surface area contributed by atoms with Crippen molar-refractivity contribution in [3.63, 3.8) is 0 Å². The topological polar surface area (TPSA) is 444 Å². The average molecular weight is 955 g/mol. The van der Waals surface area contributed by atoms with Crippen molar-refractivity contribution in [1.82, 2.24) is 0 Å². The van der Waals surface area contributed by atoms with Gasteiger partial charge in [-0.2, -0.15) is 0 Å². The van der Waals surface area contributed by atoms with Gasteiger partial charge in [-0.15, -0.1) is 0 Å². The van der Waals surface area contributed by atoms with Gasteiger partial charge in [0.15, 0.2) is 37.7 Å². The molecule has 16 saturated heterocycles. The Hall–Kier alpha value is -1.16. The van der Waals surface area contributed by atoms with Crippen LogP contribution in [0.1, 0.15) is 0 Å². The summed E-state index contributed by atoms with van der Waals surface area (Å²) in [6.45, 7) is -5.52. The predicted octanol–water partition coefficient (Wildman–Crippen LogP) is -12.0. The van der Waals surface area contributed by atoms with Crippen LogP contribution in [0.2, 0.25) is 0 Å². The Bertz CT molecular complexity index is 1530. The zero-order valence-electron chi connectivity index (χ0n) is 34.0. The molecule has 0 amide bonds. The molecule has 0 saturated carbocycles. The van der Waals surface area contributed by atoms with E-state index in [1.165, 1.54) is 0 Å². The van der Waals surface area contributed by atoms with Crippen LogP contribution in [-0.2, 0) is 61.6 Å². The number of aliphatic hydroxyl groups is 16. The van der Waals surface area contributed by atoms with E-state index >= 15 is 0 Å². The Kier molecular flexibility index (Phi) is 16.0. The van der Waals surface area contributed by atoms with Crippen molar-refractivity contribution in [3.8, 4) is 0 Å². The summed E-state index contributed by atoms with van der Waals surface area (Å²) in [5.41, 5.74) is 0. The molecule has 30 atom stereocenters. The van der Waals surface area contributed by atoms with E-state index < -0.39 is 224 Å². The van der Waals surface area contributed by atoms with Gasteiger partial charge in [0.2, 0.25) is 0 Å². The first-order valence-corrected chi connectivity index (χ1v) is 21.1. The maximum atomic E-state index is 11.7. The second-order valence-electron chi connectivity index (χ2n) is 16.9. The molecule has 0 aromatic heterocycles. The summed E-state index contributed by atoms with van der Waals surface area (Å²) in [6, 6.07) is 0. The lowest BCUT2D eigenvalue weighted by Crippen LogP contribution is -2.73. The molecule has 0 unspecified atom stereocenters. The summed E-state index contributed by atoms with van der Waals surface area (Å²) >= 11 is 0. The second-order valence-corrected chi connectivity index (χ2v) is 16.9. The Labute approximate surface area is 367 Å². The average Bonchev–Trinajstić information content (AvgIpc) is 3.30. The maximum absolute atomic E-state index is 11.7. The Morgan fingerprint density at radius 1 is 0.185 bits per heavy atom. The van der Waals surface area contributed by atoms with Crippen LogP contribution >= 0.6 is 0 Å². The van der Waals surface area contributed by atoms with Crippen molar-refractivity contribution < 1.29 is 143 Å². The SMILES string of the molecule is OC[C@H]1O[C@@H]2O[C@H]3[C@H](O)[C@@H](O)[C@@H](O[C@H]4[C@H](O)[C@H]5O[C@@H]6[C@@H](O)[C@@H](O[C@H]7[C@H](O)[C@@H](O)[C@@H](O[C@H]8[C@H](O)[C@@H](O)[C@@H](O[C@H]1[C@H](O)[C@H]2O)O[C@@H]8CO)O[C@@H]7CO)O[C@H](CO)[C@H]6O[C@H]5O[C@@H]4CO)O[C@@H]3CO. The standard InChI is InChI=1S/C36H58O29/c37-1-7-23-13(43)18(48)32(54-7)62-25-9(3-39)56-34(20(50)15(25)45)64-27-11(5-41)58-36-30(21(27)51)59-29-22(52)35(57-12(6-42)28(29)65-36)63-26-10(4-40)55-33(19(49)16(26)46)61-24-8(2-38)53-31(60-23)17(47)14(24)44/h7-52H,1-6H2/t7-,8-,9-,10-,11-,12-,13-,14-,15-,16-,17-,18-,19-,20-,21+,22-,23-,24-,25-,26-,27-,28-,29-,30-,31-,32-,33-,34-,35-,36-/m1/s1. The molecule has 16 fully saturated rings. The first-order valence-electron chi connectivity index (χ1n) is 21.1. The summed E-state index contributed by atoms with van der Waals surface area (Å²) < 4.78 is 75.4. The van der Waals surface area contributed by atoms with Gasteiger partial charge in [0.1, 0.15) is 146 Å². The third-order valence-electron chi connectivity index (χ3n) is 12.9. The third-order valence-corrected chi connectivity index (χ3v) is 12.9. The van der Waals surface area contributed by atoms with Gasteiger partial charge in [-0.1, -0.05) is 0 Å². The van der Waals surface area contributed by atoms with Crippen LogP contribution in [0.4, 0.5) is 0 Å². The number of hydrogen-bond acceptors (Lipinski definition) is 29. The molecule has 29 heteroatoms. The van der Waals surface area contributed by atoms with Gasteiger partial charge in [-0.3, -0.25) is 0 Å². The van der Waals surface area contributed by atoms with Gasteiger partial charge in [-0.05, 0) is 0 Å². The highest BCUT2D eigenvalue weighted by Crippen LogP contribution is 2.41. The fourth-order valence-corrected chi connectivity index (χ4v) is 9.38. The quantitative estimate of drug-likeness (QED) is 0.118. The minimum Gasteiger partial charge on any atom is -0.394 e. The molecular formula is C36H58O29. The van der Waals surface area contributed by atoms with Crippen LogP contribution in [0.25, 0.3) is 0 Å². The van der Waals surface area contributed by atoms with E-state index in [1.807, 2.05) is 0 Å². The normalized spacial score (nSPS) is 56.5. The van der Waals surface area contributed by atoms with Gasteiger partial charge in [0, 0.05) is 0 Å². The minimum absolute atomic E-state index is 0.807. The number of ether oxygens (including phenoxy) is 13. The van der Waals surface area contributed by atoms with E-state index in [4.69, 9.17) is 61.6 Å². The minimum atomic E-state index is -2.12. The van der Waals surface area contributed by atoms with Crippen molar-refractivity contribution in [2.75, 3.05) is 39.6 Å². The van der Waals surface area contributed by atoms with Gasteiger partial charge in [-0.25, -0.2) is 0 Å². The van der Waals surface area contributed by atoms with E-state index in [2.05, 4.69) is 0 Å². The maximum Gasteiger partial charge on any atom is 0.187 e. The molecule has 16 N–H and O–H groups in total. The Morgan fingerprint density at radius 2 is 0.415 bits per heavy atom. The molecule has 376 valence electrons. The van der Waals surface area contributed by atoms with Gasteiger partial charge in [0.25, 0.3) is 0 Å². The summed E-state index contributed by atoms with van der Waals surface area (Å²) in [4.78, 5) is 0. The number of aliphatic hydroxyl groups excluding tert-OH is 16. The monoisotopic (exact) mass is 954 g/mol. The lowest BCUT2D eigenvalue weighted by molar-refractivity contribution is -0.432. The molecule has 0 aromatic rings. The highest BCUT2D eigenvalue weighted by atomic mass is 16.8. The van der Waals surface area contributed by atoms with Crippen LogP contribution in [-0.4, -0.2) is 306 Å². The second kappa shape index (κ2) is 20.7. The fraction of sp³-hybridized carbons (Fsp3) is 1.00. The summed E-state index contributed by atoms with van der Waals surface area (Å²) in [6.07, 6.45) is -54.3. The van der Waals surface area contributed by atoms with Crippen molar-refractivity contribution in [2.45, 2.75) is 184 Å². The molecule has 29 nitrogen and oxygen atoms in total. The molecule has 16 aliphatic rings. The van der Waals surface area contributed by atoms with Crippen molar-refractivity contribution >= 4 is 0 Å². The highest BCUT2D eigenvalue weighted by molar-refractivity contribution is 5.03. The largest absolute Gasteiger partial charge is 0.394 e. The highest BCUT2D eigenvalue weighted by Gasteiger charge is 2.61. The van der Waals surface area contributed by atoms with Gasteiger partial charge >= 0.3 is 0 Å². The van der Waals surface area contributed by atoms with Crippen molar-refractivity contribution in [3.05, 3.63) is 0 Å². The molecule has 16 heterocycles. The first-order chi connectivity index (χ1) is 31.1. The van der Waals surface area contributed by atoms with E-state index in [9.17, 15) is 81.7 Å². The van der Waals surface area contributed by atoms with Crippen LogP contribution < -0.4 is 0 Å². The Morgan fingerprint density at radius 3 is 0.708 bits per heavy atom. The third kappa shape index (κ3) is 9.22. The number of hydrogen-bond donors (Lipinski definition) is 16. The Balaban J connectivity index is 1.12. The molecule has 12 bridgehead atoms. The van der Waals surface area contributed by atoms with E-state index in [0.717, 1.165) is 0 Å². The molecule has 16 rings (SSSR count).